The van der Waals surface area contributed by atoms with Crippen molar-refractivity contribution in [2.24, 2.45) is 0 Å². The predicted molar refractivity (Wildman–Crippen MR) is 113 cm³/mol. The molecule has 2 aromatic rings. The van der Waals surface area contributed by atoms with Gasteiger partial charge in [-0.25, -0.2) is 0 Å². The van der Waals surface area contributed by atoms with Gasteiger partial charge in [0.05, 0.1) is 12.1 Å². The van der Waals surface area contributed by atoms with Gasteiger partial charge in [-0.1, -0.05) is 49.6 Å². The van der Waals surface area contributed by atoms with Crippen LogP contribution in [0.2, 0.25) is 0 Å². The van der Waals surface area contributed by atoms with Gasteiger partial charge >= 0.3 is 0 Å². The molecule has 0 spiro atoms. The second-order valence-electron chi connectivity index (χ2n) is 8.19. The average molecular weight is 367 g/mol. The number of hydrogen-bond acceptors (Lipinski definition) is 2. The molecule has 27 heavy (non-hydrogen) atoms. The van der Waals surface area contributed by atoms with Gasteiger partial charge in [-0.2, -0.15) is 0 Å². The molecule has 1 unspecified atom stereocenters. The standard InChI is InChI=1S/C24H34N2O/c1-4-24(3,19-27)26(22-13-6-5-7-14-22)18-23-15-10-16-25(23)17-21-12-9-8-11-20(21)2/h4,8-12,15-16,22,27H,1,5-7,13-14,17-19H2,2-3H3. The van der Waals surface area contributed by atoms with Crippen LogP contribution in [0, 0.1) is 6.92 Å². The van der Waals surface area contributed by atoms with Crippen LogP contribution in [-0.4, -0.2) is 32.8 Å². The first-order valence-corrected chi connectivity index (χ1v) is 10.3. The Morgan fingerprint density at radius 1 is 1.19 bits per heavy atom. The van der Waals surface area contributed by atoms with Gasteiger partial charge in [-0.15, -0.1) is 6.58 Å². The number of aliphatic hydroxyl groups is 1. The number of nitrogens with zero attached hydrogens (tertiary/aromatic N) is 2. The Labute approximate surface area is 164 Å². The third-order valence-corrected chi connectivity index (χ3v) is 6.29. The minimum Gasteiger partial charge on any atom is -0.394 e. The number of aryl methyl sites for hydroxylation is 1. The Kier molecular flexibility index (Phi) is 6.56. The highest BCUT2D eigenvalue weighted by molar-refractivity contribution is 5.26. The fourth-order valence-corrected chi connectivity index (χ4v) is 4.28. The summed E-state index contributed by atoms with van der Waals surface area (Å²) in [4.78, 5) is 2.49. The Morgan fingerprint density at radius 3 is 2.59 bits per heavy atom. The normalized spacial score (nSPS) is 17.8. The summed E-state index contributed by atoms with van der Waals surface area (Å²) in [5.41, 5.74) is 3.59. The van der Waals surface area contributed by atoms with E-state index in [1.807, 2.05) is 6.08 Å². The van der Waals surface area contributed by atoms with E-state index >= 15 is 0 Å². The molecular weight excluding hydrogens is 332 g/mol. The van der Waals surface area contributed by atoms with Gasteiger partial charge in [-0.05, 0) is 49.9 Å². The molecular formula is C24H34N2O. The molecule has 1 saturated carbocycles. The van der Waals surface area contributed by atoms with E-state index in [9.17, 15) is 5.11 Å². The van der Waals surface area contributed by atoms with Gasteiger partial charge in [0.1, 0.15) is 0 Å². The topological polar surface area (TPSA) is 28.4 Å². The molecule has 0 saturated heterocycles. The summed E-state index contributed by atoms with van der Waals surface area (Å²) in [6, 6.07) is 13.5. The van der Waals surface area contributed by atoms with Crippen molar-refractivity contribution in [3.63, 3.8) is 0 Å². The lowest BCUT2D eigenvalue weighted by Gasteiger charge is -2.45. The molecule has 1 heterocycles. The summed E-state index contributed by atoms with van der Waals surface area (Å²) < 4.78 is 2.35. The summed E-state index contributed by atoms with van der Waals surface area (Å²) in [5.74, 6) is 0. The quantitative estimate of drug-likeness (QED) is 0.672. The van der Waals surface area contributed by atoms with E-state index in [-0.39, 0.29) is 12.1 Å². The highest BCUT2D eigenvalue weighted by Crippen LogP contribution is 2.31. The van der Waals surface area contributed by atoms with Gasteiger partial charge < -0.3 is 9.67 Å². The molecule has 0 amide bonds. The lowest BCUT2D eigenvalue weighted by atomic mass is 9.89. The fraction of sp³-hybridized carbons (Fsp3) is 0.500. The molecule has 1 aromatic carbocycles. The predicted octanol–water partition coefficient (Wildman–Crippen LogP) is 4.92. The highest BCUT2D eigenvalue weighted by Gasteiger charge is 2.34. The van der Waals surface area contributed by atoms with Crippen LogP contribution in [0.25, 0.3) is 0 Å². The molecule has 1 aliphatic rings. The number of hydrogen-bond donors (Lipinski definition) is 1. The molecule has 0 bridgehead atoms. The molecule has 0 aliphatic heterocycles. The van der Waals surface area contributed by atoms with Crippen molar-refractivity contribution in [3.05, 3.63) is 72.1 Å². The van der Waals surface area contributed by atoms with E-state index < -0.39 is 0 Å². The summed E-state index contributed by atoms with van der Waals surface area (Å²) >= 11 is 0. The second-order valence-corrected chi connectivity index (χ2v) is 8.19. The monoisotopic (exact) mass is 366 g/mol. The van der Waals surface area contributed by atoms with E-state index in [1.54, 1.807) is 0 Å². The first-order chi connectivity index (χ1) is 13.1. The maximum absolute atomic E-state index is 10.1. The summed E-state index contributed by atoms with van der Waals surface area (Å²) in [6.45, 7) is 10.2. The largest absolute Gasteiger partial charge is 0.394 e. The zero-order valence-corrected chi connectivity index (χ0v) is 16.9. The maximum Gasteiger partial charge on any atom is 0.0648 e. The molecule has 3 rings (SSSR count). The third kappa shape index (κ3) is 4.53. The zero-order chi connectivity index (χ0) is 19.3. The Hall–Kier alpha value is -1.84. The van der Waals surface area contributed by atoms with Crippen molar-refractivity contribution < 1.29 is 5.11 Å². The highest BCUT2D eigenvalue weighted by atomic mass is 16.3. The van der Waals surface area contributed by atoms with Gasteiger partial charge in [0.15, 0.2) is 0 Å². The van der Waals surface area contributed by atoms with E-state index in [0.717, 1.165) is 13.1 Å². The van der Waals surface area contributed by atoms with Crippen molar-refractivity contribution in [2.45, 2.75) is 70.6 Å². The van der Waals surface area contributed by atoms with Crippen LogP contribution >= 0.6 is 0 Å². The Morgan fingerprint density at radius 2 is 1.93 bits per heavy atom. The SMILES string of the molecule is C=CC(C)(CO)N(Cc1cccn1Cc1ccccc1C)C1CCCCC1. The lowest BCUT2D eigenvalue weighted by Crippen LogP contribution is -2.53. The molecule has 1 atom stereocenters. The van der Waals surface area contributed by atoms with Crippen LogP contribution < -0.4 is 0 Å². The van der Waals surface area contributed by atoms with Gasteiger partial charge in [0.2, 0.25) is 0 Å². The zero-order valence-electron chi connectivity index (χ0n) is 16.9. The van der Waals surface area contributed by atoms with Crippen LogP contribution in [0.3, 0.4) is 0 Å². The first-order valence-electron chi connectivity index (χ1n) is 10.3. The number of aromatic nitrogens is 1. The minimum atomic E-state index is -0.389. The molecule has 3 heteroatoms. The van der Waals surface area contributed by atoms with E-state index in [1.165, 1.54) is 48.9 Å². The van der Waals surface area contributed by atoms with E-state index in [0.29, 0.717) is 6.04 Å². The minimum absolute atomic E-state index is 0.103. The van der Waals surface area contributed by atoms with Gasteiger partial charge in [0.25, 0.3) is 0 Å². The third-order valence-electron chi connectivity index (χ3n) is 6.29. The number of aliphatic hydroxyl groups excluding tert-OH is 1. The van der Waals surface area contributed by atoms with E-state index in [4.69, 9.17) is 0 Å². The van der Waals surface area contributed by atoms with Crippen molar-refractivity contribution in [1.82, 2.24) is 9.47 Å². The number of benzene rings is 1. The summed E-state index contributed by atoms with van der Waals surface area (Å²) in [7, 11) is 0. The van der Waals surface area contributed by atoms with Crippen LogP contribution in [-0.2, 0) is 13.1 Å². The fourth-order valence-electron chi connectivity index (χ4n) is 4.28. The average Bonchev–Trinajstić information content (AvgIpc) is 3.15. The Bertz CT molecular complexity index is 744. The number of rotatable bonds is 8. The van der Waals surface area contributed by atoms with Crippen LogP contribution in [0.4, 0.5) is 0 Å². The van der Waals surface area contributed by atoms with Crippen molar-refractivity contribution in [3.8, 4) is 0 Å². The van der Waals surface area contributed by atoms with Crippen LogP contribution in [0.5, 0.6) is 0 Å². The summed E-state index contributed by atoms with van der Waals surface area (Å²) in [5, 5.41) is 10.1. The van der Waals surface area contributed by atoms with Crippen molar-refractivity contribution in [2.75, 3.05) is 6.61 Å². The smallest absolute Gasteiger partial charge is 0.0648 e. The molecule has 0 radical (unpaired) electrons. The van der Waals surface area contributed by atoms with Crippen LogP contribution in [0.15, 0.2) is 55.3 Å². The Balaban J connectivity index is 1.85. The molecule has 146 valence electrons. The van der Waals surface area contributed by atoms with Crippen molar-refractivity contribution in [1.29, 1.82) is 0 Å². The molecule has 1 aliphatic carbocycles. The summed E-state index contributed by atoms with van der Waals surface area (Å²) in [6.07, 6.45) is 10.4. The van der Waals surface area contributed by atoms with Crippen molar-refractivity contribution >= 4 is 0 Å². The van der Waals surface area contributed by atoms with Gasteiger partial charge in [-0.3, -0.25) is 4.90 Å². The molecule has 1 fully saturated rings. The maximum atomic E-state index is 10.1. The van der Waals surface area contributed by atoms with E-state index in [2.05, 4.69) is 72.5 Å². The lowest BCUT2D eigenvalue weighted by molar-refractivity contribution is 0.0192. The van der Waals surface area contributed by atoms with Gasteiger partial charge in [0, 0.05) is 31.0 Å². The van der Waals surface area contributed by atoms with Crippen LogP contribution in [0.1, 0.15) is 55.8 Å². The molecule has 1 N–H and O–H groups in total. The molecule has 3 nitrogen and oxygen atoms in total. The first kappa shape index (κ1) is 19.9. The second kappa shape index (κ2) is 8.90. The molecule has 1 aromatic heterocycles.